The van der Waals surface area contributed by atoms with Crippen LogP contribution in [-0.4, -0.2) is 17.4 Å². The van der Waals surface area contributed by atoms with Crippen LogP contribution in [0.2, 0.25) is 0 Å². The first-order valence-electron chi connectivity index (χ1n) is 8.26. The highest BCUT2D eigenvalue weighted by Crippen LogP contribution is 2.41. The lowest BCUT2D eigenvalue weighted by molar-refractivity contribution is -0.274. The molecule has 0 aliphatic heterocycles. The number of ether oxygens (including phenoxy) is 1. The van der Waals surface area contributed by atoms with Gasteiger partial charge in [0.25, 0.3) is 0 Å². The molecule has 7 heteroatoms. The van der Waals surface area contributed by atoms with Gasteiger partial charge in [-0.1, -0.05) is 60.7 Å². The third-order valence-electron chi connectivity index (χ3n) is 4.38. The summed E-state index contributed by atoms with van der Waals surface area (Å²) in [4.78, 5) is 11.8. The molecular formula is C21H14F3NO3. The minimum atomic E-state index is -4.95. The molecule has 2 atom stereocenters. The molecule has 0 bridgehead atoms. The lowest BCUT2D eigenvalue weighted by Crippen LogP contribution is -2.24. The second kappa shape index (κ2) is 7.61. The molecular weight excluding hydrogens is 371 g/mol. The van der Waals surface area contributed by atoms with Crippen LogP contribution in [0.25, 0.3) is 10.8 Å². The quantitative estimate of drug-likeness (QED) is 0.664. The maximum atomic E-state index is 12.9. The summed E-state index contributed by atoms with van der Waals surface area (Å²) in [6.07, 6.45) is -4.95. The zero-order valence-electron chi connectivity index (χ0n) is 14.4. The van der Waals surface area contributed by atoms with Crippen LogP contribution in [0.15, 0.2) is 66.7 Å². The number of hydrogen-bond acceptors (Lipinski definition) is 3. The van der Waals surface area contributed by atoms with Gasteiger partial charge in [-0.3, -0.25) is 4.79 Å². The highest BCUT2D eigenvalue weighted by atomic mass is 19.4. The molecule has 3 aromatic carbocycles. The number of aliphatic carboxylic acids is 1. The predicted octanol–water partition coefficient (Wildman–Crippen LogP) is 5.09. The number of rotatable bonds is 5. The van der Waals surface area contributed by atoms with Gasteiger partial charge >= 0.3 is 12.3 Å². The summed E-state index contributed by atoms with van der Waals surface area (Å²) in [6.45, 7) is 0. The van der Waals surface area contributed by atoms with Crippen LogP contribution in [0.3, 0.4) is 0 Å². The zero-order valence-corrected chi connectivity index (χ0v) is 14.4. The number of nitrogens with zero attached hydrogens (tertiary/aromatic N) is 1. The van der Waals surface area contributed by atoms with Crippen molar-refractivity contribution in [3.05, 3.63) is 77.9 Å². The first-order valence-corrected chi connectivity index (χ1v) is 8.26. The van der Waals surface area contributed by atoms with E-state index in [0.29, 0.717) is 10.9 Å². The van der Waals surface area contributed by atoms with E-state index in [0.717, 1.165) is 11.5 Å². The van der Waals surface area contributed by atoms with E-state index in [-0.39, 0.29) is 5.56 Å². The van der Waals surface area contributed by atoms with Gasteiger partial charge in [-0.15, -0.1) is 13.2 Å². The molecule has 0 amide bonds. The normalized spacial score (nSPS) is 13.5. The fourth-order valence-corrected chi connectivity index (χ4v) is 3.28. The molecule has 0 saturated carbocycles. The van der Waals surface area contributed by atoms with E-state index in [2.05, 4.69) is 4.74 Å². The third-order valence-corrected chi connectivity index (χ3v) is 4.38. The highest BCUT2D eigenvalue weighted by Gasteiger charge is 2.37. The van der Waals surface area contributed by atoms with Crippen molar-refractivity contribution in [1.82, 2.24) is 0 Å². The minimum absolute atomic E-state index is 0.0230. The van der Waals surface area contributed by atoms with E-state index in [1.807, 2.05) is 0 Å². The molecule has 0 radical (unpaired) electrons. The summed E-state index contributed by atoms with van der Waals surface area (Å²) in [7, 11) is 0. The number of para-hydroxylation sites is 1. The SMILES string of the molecule is N#CC(C(=O)O)C(c1ccccc1OC(F)(F)F)c1cccc2ccccc12. The lowest BCUT2D eigenvalue weighted by Gasteiger charge is -2.24. The molecule has 1 N–H and O–H groups in total. The van der Waals surface area contributed by atoms with Crippen LogP contribution < -0.4 is 4.74 Å². The molecule has 4 nitrogen and oxygen atoms in total. The van der Waals surface area contributed by atoms with Gasteiger partial charge in [-0.25, -0.2) is 0 Å². The Morgan fingerprint density at radius 1 is 0.964 bits per heavy atom. The number of benzene rings is 3. The molecule has 3 aromatic rings. The first-order chi connectivity index (χ1) is 13.3. The van der Waals surface area contributed by atoms with Crippen molar-refractivity contribution in [3.8, 4) is 11.8 Å². The monoisotopic (exact) mass is 385 g/mol. The largest absolute Gasteiger partial charge is 0.573 e. The van der Waals surface area contributed by atoms with Crippen LogP contribution in [0, 0.1) is 17.2 Å². The first kappa shape index (κ1) is 19.2. The molecule has 2 unspecified atom stereocenters. The van der Waals surface area contributed by atoms with E-state index in [4.69, 9.17) is 0 Å². The molecule has 0 saturated heterocycles. The Hall–Kier alpha value is -3.53. The van der Waals surface area contributed by atoms with Gasteiger partial charge in [-0.2, -0.15) is 5.26 Å². The van der Waals surface area contributed by atoms with Gasteiger partial charge in [0, 0.05) is 11.5 Å². The number of fused-ring (bicyclic) bond motifs is 1. The average Bonchev–Trinajstić information content (AvgIpc) is 2.65. The van der Waals surface area contributed by atoms with Crippen molar-refractivity contribution in [3.63, 3.8) is 0 Å². The van der Waals surface area contributed by atoms with Crippen molar-refractivity contribution in [2.24, 2.45) is 5.92 Å². The number of nitriles is 1. The standard InChI is InChI=1S/C21H14F3NO3/c22-21(23,24)28-18-11-4-3-9-16(18)19(17(12-25)20(26)27)15-10-5-7-13-6-1-2-8-14(13)15/h1-11,17,19H,(H,26,27). The Morgan fingerprint density at radius 2 is 1.57 bits per heavy atom. The smallest absolute Gasteiger partial charge is 0.480 e. The van der Waals surface area contributed by atoms with Crippen LogP contribution in [0.4, 0.5) is 13.2 Å². The Kier molecular flexibility index (Phi) is 5.23. The molecule has 0 fully saturated rings. The van der Waals surface area contributed by atoms with Crippen molar-refractivity contribution >= 4 is 16.7 Å². The molecule has 142 valence electrons. The summed E-state index contributed by atoms with van der Waals surface area (Å²) in [5.41, 5.74) is 0.412. The third kappa shape index (κ3) is 3.91. The molecule has 0 spiro atoms. The molecule has 0 aromatic heterocycles. The second-order valence-corrected chi connectivity index (χ2v) is 6.08. The zero-order chi connectivity index (χ0) is 20.3. The summed E-state index contributed by atoms with van der Waals surface area (Å²) >= 11 is 0. The van der Waals surface area contributed by atoms with Crippen LogP contribution >= 0.6 is 0 Å². The van der Waals surface area contributed by atoms with Crippen LogP contribution in [0.5, 0.6) is 5.75 Å². The van der Waals surface area contributed by atoms with E-state index in [1.54, 1.807) is 48.5 Å². The number of halogens is 3. The Balaban J connectivity index is 2.28. The molecule has 0 heterocycles. The molecule has 3 rings (SSSR count). The summed E-state index contributed by atoms with van der Waals surface area (Å²) < 4.78 is 42.8. The number of carboxylic acids is 1. The van der Waals surface area contributed by atoms with E-state index in [9.17, 15) is 28.3 Å². The lowest BCUT2D eigenvalue weighted by atomic mass is 9.79. The topological polar surface area (TPSA) is 70.3 Å². The Labute approximate surface area is 158 Å². The van der Waals surface area contributed by atoms with E-state index >= 15 is 0 Å². The number of hydrogen-bond donors (Lipinski definition) is 1. The van der Waals surface area contributed by atoms with Crippen molar-refractivity contribution < 1.29 is 27.8 Å². The van der Waals surface area contributed by atoms with E-state index < -0.39 is 29.9 Å². The number of alkyl halides is 3. The molecule has 0 aliphatic carbocycles. The number of carbonyl (C=O) groups is 1. The van der Waals surface area contributed by atoms with Crippen molar-refractivity contribution in [2.45, 2.75) is 12.3 Å². The van der Waals surface area contributed by atoms with Gasteiger partial charge in [0.15, 0.2) is 5.92 Å². The van der Waals surface area contributed by atoms with Crippen molar-refractivity contribution in [2.75, 3.05) is 0 Å². The summed E-state index contributed by atoms with van der Waals surface area (Å²) in [6, 6.07) is 19.2. The van der Waals surface area contributed by atoms with Crippen molar-refractivity contribution in [1.29, 1.82) is 5.26 Å². The van der Waals surface area contributed by atoms with E-state index in [1.165, 1.54) is 18.2 Å². The fraction of sp³-hybridized carbons (Fsp3) is 0.143. The van der Waals surface area contributed by atoms with Gasteiger partial charge < -0.3 is 9.84 Å². The fourth-order valence-electron chi connectivity index (χ4n) is 3.28. The number of carboxylic acid groups (broad SMARTS) is 1. The Bertz CT molecular complexity index is 1050. The average molecular weight is 385 g/mol. The van der Waals surface area contributed by atoms with Gasteiger partial charge in [0.05, 0.1) is 6.07 Å². The van der Waals surface area contributed by atoms with Crippen LogP contribution in [0.1, 0.15) is 17.0 Å². The molecule has 0 aliphatic rings. The minimum Gasteiger partial charge on any atom is -0.480 e. The Morgan fingerprint density at radius 3 is 2.25 bits per heavy atom. The maximum Gasteiger partial charge on any atom is 0.573 e. The highest BCUT2D eigenvalue weighted by molar-refractivity contribution is 5.88. The predicted molar refractivity (Wildman–Crippen MR) is 95.7 cm³/mol. The summed E-state index contributed by atoms with van der Waals surface area (Å²) in [5, 5.41) is 20.5. The van der Waals surface area contributed by atoms with Gasteiger partial charge in [-0.05, 0) is 22.4 Å². The van der Waals surface area contributed by atoms with Crippen LogP contribution in [-0.2, 0) is 4.79 Å². The summed E-state index contributed by atoms with van der Waals surface area (Å²) in [5.74, 6) is -4.73. The maximum absolute atomic E-state index is 12.9. The second-order valence-electron chi connectivity index (χ2n) is 6.08. The van der Waals surface area contributed by atoms with Gasteiger partial charge in [0.2, 0.25) is 0 Å². The van der Waals surface area contributed by atoms with Gasteiger partial charge in [0.1, 0.15) is 5.75 Å². The molecule has 28 heavy (non-hydrogen) atoms.